The van der Waals surface area contributed by atoms with Crippen LogP contribution in [-0.4, -0.2) is 50.2 Å². The van der Waals surface area contributed by atoms with Crippen LogP contribution >= 0.6 is 0 Å². The number of esters is 1. The van der Waals surface area contributed by atoms with Gasteiger partial charge in [-0.2, -0.15) is 0 Å². The quantitative estimate of drug-likeness (QED) is 0.685. The maximum Gasteiger partial charge on any atom is 0.322 e. The highest BCUT2D eigenvalue weighted by Gasteiger charge is 2.22. The molecule has 0 radical (unpaired) electrons. The molecule has 1 unspecified atom stereocenters. The first-order valence-corrected chi connectivity index (χ1v) is 6.70. The fourth-order valence-corrected chi connectivity index (χ4v) is 2.55. The summed E-state index contributed by atoms with van der Waals surface area (Å²) >= 11 is 0. The second kappa shape index (κ2) is 7.67. The predicted molar refractivity (Wildman–Crippen MR) is 69.0 cm³/mol. The standard InChI is InChI=1S/C13H26N2O2/c1-4-14-12(13(16)17-3)9-10-15(2)11-7-5-6-8-11/h11-12,14H,4-10H2,1-3H3. The normalized spacial score (nSPS) is 18.6. The van der Waals surface area contributed by atoms with Gasteiger partial charge in [0.2, 0.25) is 0 Å². The number of carbonyl (C=O) groups is 1. The van der Waals surface area contributed by atoms with Crippen molar-refractivity contribution in [3.8, 4) is 0 Å². The van der Waals surface area contributed by atoms with Gasteiger partial charge in [0, 0.05) is 12.6 Å². The highest BCUT2D eigenvalue weighted by molar-refractivity contribution is 5.75. The summed E-state index contributed by atoms with van der Waals surface area (Å²) in [6.45, 7) is 3.76. The van der Waals surface area contributed by atoms with E-state index in [-0.39, 0.29) is 12.0 Å². The van der Waals surface area contributed by atoms with Crippen LogP contribution in [0.4, 0.5) is 0 Å². The molecule has 4 nitrogen and oxygen atoms in total. The first-order chi connectivity index (χ1) is 8.19. The van der Waals surface area contributed by atoms with Crippen molar-refractivity contribution >= 4 is 5.97 Å². The minimum absolute atomic E-state index is 0.147. The van der Waals surface area contributed by atoms with Crippen LogP contribution in [0, 0.1) is 0 Å². The molecule has 0 amide bonds. The molecule has 0 saturated heterocycles. The summed E-state index contributed by atoms with van der Waals surface area (Å²) in [5.74, 6) is -0.147. The van der Waals surface area contributed by atoms with Gasteiger partial charge in [-0.1, -0.05) is 19.8 Å². The molecule has 1 N–H and O–H groups in total. The van der Waals surface area contributed by atoms with Gasteiger partial charge in [0.25, 0.3) is 0 Å². The third-order valence-corrected chi connectivity index (χ3v) is 3.65. The molecule has 0 aromatic carbocycles. The molecule has 100 valence electrons. The topological polar surface area (TPSA) is 41.6 Å². The van der Waals surface area contributed by atoms with Gasteiger partial charge in [-0.05, 0) is 32.9 Å². The summed E-state index contributed by atoms with van der Waals surface area (Å²) in [5, 5.41) is 3.18. The van der Waals surface area contributed by atoms with E-state index in [0.29, 0.717) is 0 Å². The largest absolute Gasteiger partial charge is 0.468 e. The predicted octanol–water partition coefficient (Wildman–Crippen LogP) is 1.40. The molecule has 0 aromatic heterocycles. The Balaban J connectivity index is 2.31. The van der Waals surface area contributed by atoms with E-state index in [1.54, 1.807) is 0 Å². The molecule has 1 saturated carbocycles. The Morgan fingerprint density at radius 3 is 2.65 bits per heavy atom. The Kier molecular flexibility index (Phi) is 6.52. The number of nitrogens with zero attached hydrogens (tertiary/aromatic N) is 1. The lowest BCUT2D eigenvalue weighted by molar-refractivity contribution is -0.143. The van der Waals surface area contributed by atoms with Gasteiger partial charge in [-0.3, -0.25) is 4.79 Å². The van der Waals surface area contributed by atoms with Crippen molar-refractivity contribution in [3.05, 3.63) is 0 Å². The smallest absolute Gasteiger partial charge is 0.322 e. The molecule has 0 aromatic rings. The number of nitrogens with one attached hydrogen (secondary N) is 1. The minimum Gasteiger partial charge on any atom is -0.468 e. The number of hydrogen-bond donors (Lipinski definition) is 1. The highest BCUT2D eigenvalue weighted by Crippen LogP contribution is 2.22. The van der Waals surface area contributed by atoms with Gasteiger partial charge >= 0.3 is 5.97 Å². The third kappa shape index (κ3) is 4.64. The maximum absolute atomic E-state index is 11.5. The van der Waals surface area contributed by atoms with Crippen LogP contribution < -0.4 is 5.32 Å². The second-order valence-corrected chi connectivity index (χ2v) is 4.84. The van der Waals surface area contributed by atoms with Crippen molar-refractivity contribution in [1.82, 2.24) is 10.2 Å². The van der Waals surface area contributed by atoms with E-state index >= 15 is 0 Å². The number of methoxy groups -OCH3 is 1. The van der Waals surface area contributed by atoms with E-state index < -0.39 is 0 Å². The summed E-state index contributed by atoms with van der Waals surface area (Å²) in [5.41, 5.74) is 0. The summed E-state index contributed by atoms with van der Waals surface area (Å²) < 4.78 is 4.80. The lowest BCUT2D eigenvalue weighted by Crippen LogP contribution is -2.41. The highest BCUT2D eigenvalue weighted by atomic mass is 16.5. The first-order valence-electron chi connectivity index (χ1n) is 6.70. The van der Waals surface area contributed by atoms with Gasteiger partial charge in [0.05, 0.1) is 7.11 Å². The van der Waals surface area contributed by atoms with Crippen molar-refractivity contribution < 1.29 is 9.53 Å². The zero-order valence-electron chi connectivity index (χ0n) is 11.4. The van der Waals surface area contributed by atoms with E-state index in [1.165, 1.54) is 32.8 Å². The molecule has 1 fully saturated rings. The molecule has 0 aliphatic heterocycles. The summed E-state index contributed by atoms with van der Waals surface area (Å²) in [6, 6.07) is 0.559. The average Bonchev–Trinajstić information content (AvgIpc) is 2.86. The second-order valence-electron chi connectivity index (χ2n) is 4.84. The molecule has 1 aliphatic carbocycles. The third-order valence-electron chi connectivity index (χ3n) is 3.65. The maximum atomic E-state index is 11.5. The molecule has 0 heterocycles. The summed E-state index contributed by atoms with van der Waals surface area (Å²) in [7, 11) is 3.61. The Morgan fingerprint density at radius 2 is 2.12 bits per heavy atom. The van der Waals surface area contributed by atoms with Crippen LogP contribution in [0.25, 0.3) is 0 Å². The van der Waals surface area contributed by atoms with E-state index in [0.717, 1.165) is 25.6 Å². The Hall–Kier alpha value is -0.610. The number of ether oxygens (including phenoxy) is 1. The zero-order chi connectivity index (χ0) is 12.7. The Labute approximate surface area is 105 Å². The first kappa shape index (κ1) is 14.5. The molecule has 17 heavy (non-hydrogen) atoms. The fraction of sp³-hybridized carbons (Fsp3) is 0.923. The fourth-order valence-electron chi connectivity index (χ4n) is 2.55. The van der Waals surface area contributed by atoms with E-state index in [2.05, 4.69) is 17.3 Å². The molecule has 1 atom stereocenters. The average molecular weight is 242 g/mol. The van der Waals surface area contributed by atoms with Crippen molar-refractivity contribution in [2.75, 3.05) is 27.2 Å². The number of carbonyl (C=O) groups excluding carboxylic acids is 1. The molecule has 0 bridgehead atoms. The summed E-state index contributed by atoms with van der Waals surface area (Å²) in [4.78, 5) is 13.9. The van der Waals surface area contributed by atoms with E-state index in [4.69, 9.17) is 4.74 Å². The van der Waals surface area contributed by atoms with E-state index in [1.807, 2.05) is 6.92 Å². The molecular weight excluding hydrogens is 216 g/mol. The molecule has 0 spiro atoms. The van der Waals surface area contributed by atoms with Crippen molar-refractivity contribution in [2.24, 2.45) is 0 Å². The van der Waals surface area contributed by atoms with E-state index in [9.17, 15) is 4.79 Å². The van der Waals surface area contributed by atoms with Gasteiger partial charge in [-0.15, -0.1) is 0 Å². The lowest BCUT2D eigenvalue weighted by atomic mass is 10.1. The number of hydrogen-bond acceptors (Lipinski definition) is 4. The van der Waals surface area contributed by atoms with Gasteiger partial charge in [-0.25, -0.2) is 0 Å². The van der Waals surface area contributed by atoms with Gasteiger partial charge < -0.3 is 15.0 Å². The monoisotopic (exact) mass is 242 g/mol. The number of likely N-dealkylation sites (N-methyl/N-ethyl adjacent to an activating group) is 1. The minimum atomic E-state index is -0.158. The van der Waals surface area contributed by atoms with Crippen molar-refractivity contribution in [2.45, 2.75) is 51.1 Å². The van der Waals surface area contributed by atoms with Crippen LogP contribution in [-0.2, 0) is 9.53 Å². The molecule has 1 rings (SSSR count). The van der Waals surface area contributed by atoms with Crippen molar-refractivity contribution in [1.29, 1.82) is 0 Å². The van der Waals surface area contributed by atoms with Crippen LogP contribution in [0.5, 0.6) is 0 Å². The lowest BCUT2D eigenvalue weighted by Gasteiger charge is -2.25. The van der Waals surface area contributed by atoms with Gasteiger partial charge in [0.15, 0.2) is 0 Å². The molecule has 1 aliphatic rings. The zero-order valence-corrected chi connectivity index (χ0v) is 11.4. The van der Waals surface area contributed by atoms with Crippen LogP contribution in [0.2, 0.25) is 0 Å². The molecular formula is C13H26N2O2. The van der Waals surface area contributed by atoms with Crippen molar-refractivity contribution in [3.63, 3.8) is 0 Å². The Bertz CT molecular complexity index is 227. The van der Waals surface area contributed by atoms with Crippen LogP contribution in [0.15, 0.2) is 0 Å². The summed E-state index contributed by atoms with van der Waals surface area (Å²) in [6.07, 6.45) is 6.14. The van der Waals surface area contributed by atoms with Gasteiger partial charge in [0.1, 0.15) is 6.04 Å². The number of rotatable bonds is 7. The Morgan fingerprint density at radius 1 is 1.47 bits per heavy atom. The SMILES string of the molecule is CCNC(CCN(C)C1CCCC1)C(=O)OC. The van der Waals surface area contributed by atoms with Crippen LogP contribution in [0.3, 0.4) is 0 Å². The van der Waals surface area contributed by atoms with Crippen LogP contribution in [0.1, 0.15) is 39.0 Å². The molecule has 4 heteroatoms.